The second kappa shape index (κ2) is 15.3. The first-order chi connectivity index (χ1) is 17.7. The summed E-state index contributed by atoms with van der Waals surface area (Å²) in [6.07, 6.45) is -1.87. The van der Waals surface area contributed by atoms with Crippen molar-refractivity contribution in [1.82, 2.24) is 9.21 Å². The number of nitrogens with zero attached hydrogens (tertiary/aromatic N) is 5. The zero-order valence-electron chi connectivity index (χ0n) is 21.7. The summed E-state index contributed by atoms with van der Waals surface area (Å²) in [5.41, 5.74) is 2.25. The average molecular weight is 536 g/mol. The minimum atomic E-state index is -2.62. The van der Waals surface area contributed by atoms with Crippen LogP contribution in [0.2, 0.25) is 0 Å². The van der Waals surface area contributed by atoms with Gasteiger partial charge in [-0.2, -0.15) is 5.10 Å². The minimum absolute atomic E-state index is 0.0225. The quantitative estimate of drug-likeness (QED) is 0.209. The average Bonchev–Trinajstić information content (AvgIpc) is 2.89. The summed E-state index contributed by atoms with van der Waals surface area (Å²) >= 11 is -1.39. The summed E-state index contributed by atoms with van der Waals surface area (Å²) in [5.74, 6) is -0.0225. The number of benzene rings is 2. The molecular weight excluding hydrogens is 500 g/mol. The Balaban J connectivity index is 0.00000153. The van der Waals surface area contributed by atoms with Gasteiger partial charge in [-0.1, -0.05) is 30.3 Å². The van der Waals surface area contributed by atoms with Crippen LogP contribution in [0.4, 0.5) is 14.5 Å². The van der Waals surface area contributed by atoms with Gasteiger partial charge in [-0.25, -0.2) is 17.3 Å². The fourth-order valence-electron chi connectivity index (χ4n) is 3.75. The lowest BCUT2D eigenvalue weighted by Crippen LogP contribution is -2.57. The molecular formula is C26H35F2N5O3S. The van der Waals surface area contributed by atoms with Crippen molar-refractivity contribution in [2.24, 2.45) is 10.2 Å². The SMILES string of the molecule is C=N/N=C(\OCC(F)F)c1ccc(CN(c2ccccc2)S(=O)N2CC(C)N(C)C(C)C2)cc1.CC=O. The molecule has 3 rings (SSSR count). The van der Waals surface area contributed by atoms with Gasteiger partial charge in [-0.15, -0.1) is 5.10 Å². The monoisotopic (exact) mass is 535 g/mol. The zero-order valence-corrected chi connectivity index (χ0v) is 22.5. The lowest BCUT2D eigenvalue weighted by molar-refractivity contribution is -0.106. The van der Waals surface area contributed by atoms with Gasteiger partial charge in [0.05, 0.1) is 12.2 Å². The van der Waals surface area contributed by atoms with E-state index in [4.69, 9.17) is 9.53 Å². The van der Waals surface area contributed by atoms with E-state index in [9.17, 15) is 13.0 Å². The molecule has 0 N–H and O–H groups in total. The third-order valence-electron chi connectivity index (χ3n) is 5.81. The highest BCUT2D eigenvalue weighted by Crippen LogP contribution is 2.24. The van der Waals surface area contributed by atoms with Crippen LogP contribution in [-0.4, -0.2) is 77.6 Å². The molecule has 2 aromatic rings. The molecule has 0 bridgehead atoms. The smallest absolute Gasteiger partial charge is 0.272 e. The van der Waals surface area contributed by atoms with Gasteiger partial charge in [-0.05, 0) is 57.6 Å². The molecule has 8 nitrogen and oxygen atoms in total. The Bertz CT molecular complexity index is 1030. The number of hydrogen-bond acceptors (Lipinski definition) is 6. The lowest BCUT2D eigenvalue weighted by Gasteiger charge is -2.43. The van der Waals surface area contributed by atoms with Gasteiger partial charge in [0.2, 0.25) is 5.90 Å². The van der Waals surface area contributed by atoms with Crippen LogP contribution in [-0.2, 0) is 27.2 Å². The maximum atomic E-state index is 13.7. The summed E-state index contributed by atoms with van der Waals surface area (Å²) in [4.78, 5) is 11.1. The number of ether oxygens (including phenoxy) is 1. The zero-order chi connectivity index (χ0) is 27.4. The third kappa shape index (κ3) is 9.10. The maximum Gasteiger partial charge on any atom is 0.272 e. The van der Waals surface area contributed by atoms with Crippen LogP contribution in [0.5, 0.6) is 0 Å². The molecule has 1 heterocycles. The van der Waals surface area contributed by atoms with E-state index in [-0.39, 0.29) is 18.0 Å². The van der Waals surface area contributed by atoms with Gasteiger partial charge in [-0.3, -0.25) is 9.21 Å². The number of hydrogen-bond donors (Lipinski definition) is 0. The van der Waals surface area contributed by atoms with E-state index in [1.807, 2.05) is 51.1 Å². The highest BCUT2D eigenvalue weighted by Gasteiger charge is 2.32. The third-order valence-corrected chi connectivity index (χ3v) is 7.27. The van der Waals surface area contributed by atoms with Gasteiger partial charge in [0.1, 0.15) is 6.29 Å². The van der Waals surface area contributed by atoms with E-state index >= 15 is 0 Å². The van der Waals surface area contributed by atoms with E-state index in [0.717, 1.165) is 17.5 Å². The normalized spacial score (nSPS) is 19.5. The summed E-state index contributed by atoms with van der Waals surface area (Å²) < 4.78 is 47.8. The molecule has 0 aliphatic carbocycles. The second-order valence-electron chi connectivity index (χ2n) is 8.49. The molecule has 1 saturated heterocycles. The predicted octanol–water partition coefficient (Wildman–Crippen LogP) is 4.15. The Morgan fingerprint density at radius 1 is 1.16 bits per heavy atom. The Morgan fingerprint density at radius 2 is 1.73 bits per heavy atom. The van der Waals surface area contributed by atoms with Gasteiger partial charge in [0, 0.05) is 37.5 Å². The number of halogens is 2. The molecule has 1 fully saturated rings. The molecule has 1 aliphatic rings. The van der Waals surface area contributed by atoms with E-state index < -0.39 is 24.2 Å². The molecule has 0 saturated carbocycles. The second-order valence-corrected chi connectivity index (χ2v) is 9.91. The largest absolute Gasteiger partial charge is 0.470 e. The lowest BCUT2D eigenvalue weighted by atomic mass is 10.1. The van der Waals surface area contributed by atoms with Crippen LogP contribution in [0, 0.1) is 0 Å². The molecule has 0 amide bonds. The van der Waals surface area contributed by atoms with Crippen LogP contribution in [0.15, 0.2) is 64.8 Å². The van der Waals surface area contributed by atoms with Gasteiger partial charge in [0.15, 0.2) is 17.8 Å². The Labute approximate surface area is 220 Å². The molecule has 2 aromatic carbocycles. The number of carbonyl (C=O) groups excluding carboxylic acids is 1. The fraction of sp³-hybridized carbons (Fsp3) is 0.423. The molecule has 202 valence electrons. The van der Waals surface area contributed by atoms with Crippen molar-refractivity contribution in [2.45, 2.75) is 45.8 Å². The molecule has 1 aliphatic heterocycles. The standard InChI is InChI=1S/C24H31F2N5O2S.C2H4O/c1-18-14-30(15-19(2)29(18)4)34(32)31(22-8-6-5-7-9-22)16-20-10-12-21(13-11-20)24(28-27-3)33-17-23(25)26;1-2-3/h5-13,18-19,23H,3,14-17H2,1-2,4H3;2H,1H3/b28-24-;. The summed E-state index contributed by atoms with van der Waals surface area (Å²) in [5, 5.41) is 7.12. The van der Waals surface area contributed by atoms with Crippen molar-refractivity contribution >= 4 is 35.8 Å². The molecule has 3 unspecified atom stereocenters. The van der Waals surface area contributed by atoms with Crippen LogP contribution < -0.4 is 4.31 Å². The van der Waals surface area contributed by atoms with Crippen LogP contribution in [0.25, 0.3) is 0 Å². The van der Waals surface area contributed by atoms with Crippen LogP contribution in [0.1, 0.15) is 31.9 Å². The fourth-order valence-corrected chi connectivity index (χ4v) is 5.28. The first kappa shape index (κ1) is 30.2. The number of rotatable bonds is 9. The van der Waals surface area contributed by atoms with E-state index in [2.05, 4.69) is 42.7 Å². The summed E-state index contributed by atoms with van der Waals surface area (Å²) in [7, 11) is 2.09. The number of piperazine rings is 1. The van der Waals surface area contributed by atoms with Crippen molar-refractivity contribution in [3.8, 4) is 0 Å². The predicted molar refractivity (Wildman–Crippen MR) is 145 cm³/mol. The topological polar surface area (TPSA) is 77.8 Å². The first-order valence-corrected chi connectivity index (χ1v) is 12.9. The summed E-state index contributed by atoms with van der Waals surface area (Å²) in [6.45, 7) is 10.0. The molecule has 0 aromatic heterocycles. The Morgan fingerprint density at radius 3 is 2.24 bits per heavy atom. The highest BCUT2D eigenvalue weighted by molar-refractivity contribution is 7.84. The summed E-state index contributed by atoms with van der Waals surface area (Å²) in [6, 6.07) is 17.3. The van der Waals surface area contributed by atoms with Crippen molar-refractivity contribution in [3.05, 3.63) is 65.7 Å². The Hall–Kier alpha value is -3.02. The number of aldehydes is 1. The number of alkyl halides is 2. The maximum absolute atomic E-state index is 13.7. The van der Waals surface area contributed by atoms with Crippen molar-refractivity contribution in [1.29, 1.82) is 0 Å². The molecule has 3 atom stereocenters. The molecule has 37 heavy (non-hydrogen) atoms. The van der Waals surface area contributed by atoms with Crippen molar-refractivity contribution in [3.63, 3.8) is 0 Å². The first-order valence-electron chi connectivity index (χ1n) is 11.9. The number of likely N-dealkylation sites (N-methyl/N-ethyl adjacent to an activating group) is 1. The van der Waals surface area contributed by atoms with Crippen LogP contribution >= 0.6 is 0 Å². The highest BCUT2D eigenvalue weighted by atomic mass is 32.2. The molecule has 11 heteroatoms. The van der Waals surface area contributed by atoms with Gasteiger partial charge in [0.25, 0.3) is 6.43 Å². The van der Waals surface area contributed by atoms with E-state index in [1.165, 1.54) is 6.92 Å². The Kier molecular flexibility index (Phi) is 12.5. The van der Waals surface area contributed by atoms with E-state index in [0.29, 0.717) is 25.2 Å². The molecule has 0 spiro atoms. The van der Waals surface area contributed by atoms with Crippen molar-refractivity contribution < 1.29 is 22.5 Å². The minimum Gasteiger partial charge on any atom is -0.470 e. The molecule has 0 radical (unpaired) electrons. The van der Waals surface area contributed by atoms with Gasteiger partial charge >= 0.3 is 0 Å². The van der Waals surface area contributed by atoms with Crippen LogP contribution in [0.3, 0.4) is 0 Å². The number of carbonyl (C=O) groups is 1. The number of para-hydroxylation sites is 1. The van der Waals surface area contributed by atoms with Crippen molar-refractivity contribution in [2.75, 3.05) is 31.0 Å². The number of anilines is 1. The van der Waals surface area contributed by atoms with E-state index in [1.54, 1.807) is 12.1 Å². The van der Waals surface area contributed by atoms with Gasteiger partial charge < -0.3 is 9.53 Å².